The number of ketones is 1. The van der Waals surface area contributed by atoms with E-state index in [2.05, 4.69) is 0 Å². The average molecular weight is 283 g/mol. The smallest absolute Gasteiger partial charge is 0.309 e. The SMILES string of the molecule is CC(=O)c1ccc(OCCC2CCOC2=O)c(Cl)c1. The molecule has 5 heteroatoms. The van der Waals surface area contributed by atoms with Crippen LogP contribution in [-0.4, -0.2) is 25.0 Å². The van der Waals surface area contributed by atoms with Crippen LogP contribution in [0, 0.1) is 5.92 Å². The molecule has 0 bridgehead atoms. The predicted octanol–water partition coefficient (Wildman–Crippen LogP) is 2.87. The molecule has 0 aromatic heterocycles. The second kappa shape index (κ2) is 6.06. The van der Waals surface area contributed by atoms with Crippen LogP contribution in [0.15, 0.2) is 18.2 Å². The van der Waals surface area contributed by atoms with Crippen molar-refractivity contribution in [3.8, 4) is 5.75 Å². The summed E-state index contributed by atoms with van der Waals surface area (Å²) in [7, 11) is 0. The molecule has 0 radical (unpaired) electrons. The second-order valence-corrected chi connectivity index (χ2v) is 4.90. The van der Waals surface area contributed by atoms with Crippen LogP contribution >= 0.6 is 11.6 Å². The van der Waals surface area contributed by atoms with Crippen molar-refractivity contribution in [2.24, 2.45) is 5.92 Å². The predicted molar refractivity (Wildman–Crippen MR) is 70.6 cm³/mol. The fraction of sp³-hybridized carbons (Fsp3) is 0.429. The molecule has 4 nitrogen and oxygen atoms in total. The van der Waals surface area contributed by atoms with E-state index in [1.807, 2.05) is 0 Å². The molecule has 1 aliphatic rings. The minimum atomic E-state index is -0.151. The summed E-state index contributed by atoms with van der Waals surface area (Å²) in [5.74, 6) is 0.261. The molecule has 1 fully saturated rings. The fourth-order valence-electron chi connectivity index (χ4n) is 1.95. The number of hydrogen-bond donors (Lipinski definition) is 0. The standard InChI is InChI=1S/C14H15ClO4/c1-9(16)11-2-3-13(12(15)8-11)18-6-4-10-5-7-19-14(10)17/h2-3,8,10H,4-7H2,1H3. The number of esters is 1. The molecule has 0 amide bonds. The Morgan fingerprint density at radius 3 is 2.89 bits per heavy atom. The van der Waals surface area contributed by atoms with Crippen molar-refractivity contribution < 1.29 is 19.1 Å². The maximum Gasteiger partial charge on any atom is 0.309 e. The Labute approximate surface area is 116 Å². The van der Waals surface area contributed by atoms with Gasteiger partial charge in [-0.05, 0) is 38.0 Å². The molecule has 0 saturated carbocycles. The van der Waals surface area contributed by atoms with Gasteiger partial charge in [0.2, 0.25) is 0 Å². The van der Waals surface area contributed by atoms with Crippen LogP contribution in [0.2, 0.25) is 5.02 Å². The van der Waals surface area contributed by atoms with Crippen molar-refractivity contribution in [1.82, 2.24) is 0 Å². The normalized spacial score (nSPS) is 18.2. The van der Waals surface area contributed by atoms with Gasteiger partial charge in [-0.3, -0.25) is 9.59 Å². The van der Waals surface area contributed by atoms with Crippen molar-refractivity contribution in [3.63, 3.8) is 0 Å². The van der Waals surface area contributed by atoms with Gasteiger partial charge in [0.25, 0.3) is 0 Å². The number of Topliss-reactive ketones (excluding diaryl/α,β-unsaturated/α-hetero) is 1. The lowest BCUT2D eigenvalue weighted by molar-refractivity contribution is -0.141. The Kier molecular flexibility index (Phi) is 4.43. The molecule has 102 valence electrons. The number of cyclic esters (lactones) is 1. The summed E-state index contributed by atoms with van der Waals surface area (Å²) in [6, 6.07) is 4.93. The molecule has 0 aliphatic carbocycles. The summed E-state index contributed by atoms with van der Waals surface area (Å²) in [5, 5.41) is 0.404. The minimum absolute atomic E-state index is 0.0397. The van der Waals surface area contributed by atoms with Gasteiger partial charge in [0.05, 0.1) is 24.2 Å². The number of rotatable bonds is 5. The molecule has 1 aromatic rings. The third-order valence-electron chi connectivity index (χ3n) is 3.11. The van der Waals surface area contributed by atoms with E-state index in [-0.39, 0.29) is 17.7 Å². The van der Waals surface area contributed by atoms with Crippen LogP contribution in [0.5, 0.6) is 5.75 Å². The van der Waals surface area contributed by atoms with E-state index >= 15 is 0 Å². The number of benzene rings is 1. The summed E-state index contributed by atoms with van der Waals surface area (Å²) in [6.45, 7) is 2.38. The second-order valence-electron chi connectivity index (χ2n) is 4.49. The van der Waals surface area contributed by atoms with Gasteiger partial charge in [-0.25, -0.2) is 0 Å². The fourth-order valence-corrected chi connectivity index (χ4v) is 2.18. The number of carbonyl (C=O) groups is 2. The zero-order valence-electron chi connectivity index (χ0n) is 10.6. The highest BCUT2D eigenvalue weighted by atomic mass is 35.5. The molecule has 1 aromatic carbocycles. The molecule has 1 saturated heterocycles. The summed E-state index contributed by atoms with van der Waals surface area (Å²) < 4.78 is 10.4. The molecule has 0 N–H and O–H groups in total. The molecule has 19 heavy (non-hydrogen) atoms. The van der Waals surface area contributed by atoms with Gasteiger partial charge < -0.3 is 9.47 Å². The van der Waals surface area contributed by atoms with Gasteiger partial charge in [-0.15, -0.1) is 0 Å². The summed E-state index contributed by atoms with van der Waals surface area (Å²) >= 11 is 6.03. The Bertz CT molecular complexity index is 498. The lowest BCUT2D eigenvalue weighted by atomic mass is 10.1. The van der Waals surface area contributed by atoms with Crippen molar-refractivity contribution in [3.05, 3.63) is 28.8 Å². The first-order valence-corrected chi connectivity index (χ1v) is 6.55. The monoisotopic (exact) mass is 282 g/mol. The number of carbonyl (C=O) groups excluding carboxylic acids is 2. The average Bonchev–Trinajstić information content (AvgIpc) is 2.77. The van der Waals surface area contributed by atoms with Crippen LogP contribution in [-0.2, 0) is 9.53 Å². The number of hydrogen-bond acceptors (Lipinski definition) is 4. The largest absolute Gasteiger partial charge is 0.492 e. The number of halogens is 1. The topological polar surface area (TPSA) is 52.6 Å². The van der Waals surface area contributed by atoms with E-state index in [4.69, 9.17) is 21.1 Å². The van der Waals surface area contributed by atoms with Crippen LogP contribution < -0.4 is 4.74 Å². The van der Waals surface area contributed by atoms with Crippen molar-refractivity contribution in [2.45, 2.75) is 19.8 Å². The molecule has 1 aliphatic heterocycles. The molecule has 1 atom stereocenters. The zero-order chi connectivity index (χ0) is 13.8. The lowest BCUT2D eigenvalue weighted by Crippen LogP contribution is -2.12. The number of ether oxygens (including phenoxy) is 2. The van der Waals surface area contributed by atoms with Crippen molar-refractivity contribution >= 4 is 23.4 Å². The molecular formula is C14H15ClO4. The van der Waals surface area contributed by atoms with Gasteiger partial charge in [0.1, 0.15) is 5.75 Å². The van der Waals surface area contributed by atoms with Crippen molar-refractivity contribution in [2.75, 3.05) is 13.2 Å². The van der Waals surface area contributed by atoms with Crippen LogP contribution in [0.25, 0.3) is 0 Å². The van der Waals surface area contributed by atoms with E-state index in [1.165, 1.54) is 6.92 Å². The third-order valence-corrected chi connectivity index (χ3v) is 3.40. The summed E-state index contributed by atoms with van der Waals surface area (Å²) in [6.07, 6.45) is 1.36. The quantitative estimate of drug-likeness (QED) is 0.615. The first-order chi connectivity index (χ1) is 9.08. The summed E-state index contributed by atoms with van der Waals surface area (Å²) in [5.41, 5.74) is 0.553. The van der Waals surface area contributed by atoms with Gasteiger partial charge >= 0.3 is 5.97 Å². The van der Waals surface area contributed by atoms with Crippen LogP contribution in [0.4, 0.5) is 0 Å². The molecule has 1 unspecified atom stereocenters. The minimum Gasteiger partial charge on any atom is -0.492 e. The van der Waals surface area contributed by atoms with Gasteiger partial charge in [-0.1, -0.05) is 11.6 Å². The highest BCUT2D eigenvalue weighted by Crippen LogP contribution is 2.26. The Morgan fingerprint density at radius 2 is 2.32 bits per heavy atom. The van der Waals surface area contributed by atoms with E-state index in [0.29, 0.717) is 36.0 Å². The lowest BCUT2D eigenvalue weighted by Gasteiger charge is -2.10. The Balaban J connectivity index is 1.89. The zero-order valence-corrected chi connectivity index (χ0v) is 11.4. The highest BCUT2D eigenvalue weighted by molar-refractivity contribution is 6.32. The van der Waals surface area contributed by atoms with Gasteiger partial charge in [0.15, 0.2) is 5.78 Å². The maximum atomic E-state index is 11.3. The van der Waals surface area contributed by atoms with E-state index < -0.39 is 0 Å². The van der Waals surface area contributed by atoms with E-state index in [0.717, 1.165) is 6.42 Å². The van der Waals surface area contributed by atoms with E-state index in [9.17, 15) is 9.59 Å². The third kappa shape index (κ3) is 3.47. The van der Waals surface area contributed by atoms with Crippen LogP contribution in [0.1, 0.15) is 30.1 Å². The molecule has 1 heterocycles. The van der Waals surface area contributed by atoms with Crippen molar-refractivity contribution in [1.29, 1.82) is 0 Å². The summed E-state index contributed by atoms with van der Waals surface area (Å²) in [4.78, 5) is 22.4. The highest BCUT2D eigenvalue weighted by Gasteiger charge is 2.26. The van der Waals surface area contributed by atoms with Gasteiger partial charge in [-0.2, -0.15) is 0 Å². The first kappa shape index (κ1) is 13.9. The maximum absolute atomic E-state index is 11.3. The Morgan fingerprint density at radius 1 is 1.53 bits per heavy atom. The van der Waals surface area contributed by atoms with E-state index in [1.54, 1.807) is 18.2 Å². The Hall–Kier alpha value is -1.55. The first-order valence-electron chi connectivity index (χ1n) is 6.18. The van der Waals surface area contributed by atoms with Crippen LogP contribution in [0.3, 0.4) is 0 Å². The molecular weight excluding hydrogens is 268 g/mol. The molecule has 2 rings (SSSR count). The molecule has 0 spiro atoms. The van der Waals surface area contributed by atoms with Gasteiger partial charge in [0, 0.05) is 5.56 Å².